The number of benzene rings is 1. The van der Waals surface area contributed by atoms with Crippen LogP contribution in [0.25, 0.3) is 21.3 Å². The molecule has 3 rings (SSSR count). The number of aromatic nitrogens is 2. The predicted octanol–water partition coefficient (Wildman–Crippen LogP) is 3.95. The number of aromatic amines is 1. The van der Waals surface area contributed by atoms with E-state index >= 15 is 0 Å². The maximum atomic E-state index is 12.2. The summed E-state index contributed by atoms with van der Waals surface area (Å²) in [6.07, 6.45) is 1.01. The molecule has 0 aliphatic carbocycles. The van der Waals surface area contributed by atoms with Gasteiger partial charge in [-0.15, -0.1) is 22.9 Å². The van der Waals surface area contributed by atoms with Crippen molar-refractivity contribution in [3.05, 3.63) is 51.4 Å². The van der Waals surface area contributed by atoms with Crippen LogP contribution in [0.3, 0.4) is 0 Å². The van der Waals surface area contributed by atoms with Crippen molar-refractivity contribution in [3.63, 3.8) is 0 Å². The van der Waals surface area contributed by atoms with Gasteiger partial charge >= 0.3 is 0 Å². The van der Waals surface area contributed by atoms with Gasteiger partial charge in [0.05, 0.1) is 11.3 Å². The summed E-state index contributed by atoms with van der Waals surface area (Å²) in [4.78, 5) is 20.0. The van der Waals surface area contributed by atoms with Gasteiger partial charge in [-0.2, -0.15) is 0 Å². The van der Waals surface area contributed by atoms with Crippen LogP contribution in [-0.2, 0) is 12.3 Å². The number of thiophene rings is 1. The van der Waals surface area contributed by atoms with E-state index in [-0.39, 0.29) is 11.4 Å². The minimum absolute atomic E-state index is 0.124. The molecule has 0 radical (unpaired) electrons. The Hall–Kier alpha value is -1.65. The summed E-state index contributed by atoms with van der Waals surface area (Å²) in [5.74, 6) is 0.725. The second-order valence-corrected chi connectivity index (χ2v) is 5.65. The van der Waals surface area contributed by atoms with Crippen LogP contribution >= 0.6 is 22.9 Å². The lowest BCUT2D eigenvalue weighted by Crippen LogP contribution is -2.10. The molecule has 0 bridgehead atoms. The molecule has 0 fully saturated rings. The van der Waals surface area contributed by atoms with Crippen LogP contribution < -0.4 is 5.56 Å². The molecule has 0 saturated carbocycles. The second-order valence-electron chi connectivity index (χ2n) is 4.53. The highest BCUT2D eigenvalue weighted by Gasteiger charge is 2.12. The van der Waals surface area contributed by atoms with Gasteiger partial charge in [0.25, 0.3) is 5.56 Å². The molecule has 20 heavy (non-hydrogen) atoms. The van der Waals surface area contributed by atoms with Crippen molar-refractivity contribution in [3.8, 4) is 11.1 Å². The number of H-pyrrole nitrogens is 1. The van der Waals surface area contributed by atoms with Crippen molar-refractivity contribution in [2.75, 3.05) is 0 Å². The molecule has 5 heteroatoms. The molecule has 0 atom stereocenters. The first kappa shape index (κ1) is 13.3. The van der Waals surface area contributed by atoms with E-state index in [9.17, 15) is 4.79 Å². The van der Waals surface area contributed by atoms with Gasteiger partial charge in [0, 0.05) is 10.9 Å². The summed E-state index contributed by atoms with van der Waals surface area (Å²) in [5.41, 5.74) is 3.13. The summed E-state index contributed by atoms with van der Waals surface area (Å²) in [5, 5.41) is 2.62. The molecule has 0 aliphatic heterocycles. The van der Waals surface area contributed by atoms with E-state index in [0.717, 1.165) is 22.4 Å². The number of aryl methyl sites for hydroxylation is 1. The monoisotopic (exact) mass is 304 g/mol. The number of hydrogen-bond donors (Lipinski definition) is 1. The van der Waals surface area contributed by atoms with Gasteiger partial charge in [-0.25, -0.2) is 4.98 Å². The molecule has 1 N–H and O–H groups in total. The number of hydrogen-bond acceptors (Lipinski definition) is 3. The Bertz CT molecular complexity index is 805. The fourth-order valence-electron chi connectivity index (χ4n) is 2.19. The van der Waals surface area contributed by atoms with Gasteiger partial charge < -0.3 is 4.98 Å². The molecule has 2 heterocycles. The highest BCUT2D eigenvalue weighted by Crippen LogP contribution is 2.30. The average Bonchev–Trinajstić information content (AvgIpc) is 2.91. The number of halogens is 1. The van der Waals surface area contributed by atoms with E-state index in [4.69, 9.17) is 11.6 Å². The smallest absolute Gasteiger partial charge is 0.260 e. The van der Waals surface area contributed by atoms with Crippen LogP contribution in [0.4, 0.5) is 0 Å². The lowest BCUT2D eigenvalue weighted by molar-refractivity contribution is 1.04. The van der Waals surface area contributed by atoms with Gasteiger partial charge in [0.2, 0.25) is 0 Å². The predicted molar refractivity (Wildman–Crippen MR) is 84.6 cm³/mol. The Balaban J connectivity index is 2.19. The van der Waals surface area contributed by atoms with Gasteiger partial charge in [-0.1, -0.05) is 31.2 Å². The highest BCUT2D eigenvalue weighted by molar-refractivity contribution is 7.17. The van der Waals surface area contributed by atoms with Crippen molar-refractivity contribution >= 4 is 33.2 Å². The minimum Gasteiger partial charge on any atom is -0.309 e. The van der Waals surface area contributed by atoms with Crippen LogP contribution in [0.2, 0.25) is 0 Å². The van der Waals surface area contributed by atoms with Crippen LogP contribution in [0, 0.1) is 0 Å². The lowest BCUT2D eigenvalue weighted by Gasteiger charge is -2.02. The number of nitrogens with one attached hydrogen (secondary N) is 1. The van der Waals surface area contributed by atoms with E-state index in [0.29, 0.717) is 11.2 Å². The fraction of sp³-hybridized carbons (Fsp3) is 0.200. The molecule has 3 nitrogen and oxygen atoms in total. The van der Waals surface area contributed by atoms with Gasteiger partial charge in [0.15, 0.2) is 0 Å². The Morgan fingerprint density at radius 2 is 2.05 bits per heavy atom. The maximum Gasteiger partial charge on any atom is 0.260 e. The summed E-state index contributed by atoms with van der Waals surface area (Å²) in [6, 6.07) is 8.28. The molecule has 0 aliphatic rings. The first-order valence-corrected chi connectivity index (χ1v) is 7.80. The zero-order valence-electron chi connectivity index (χ0n) is 10.9. The topological polar surface area (TPSA) is 45.8 Å². The first-order chi connectivity index (χ1) is 9.72. The number of fused-ring (bicyclic) bond motifs is 1. The van der Waals surface area contributed by atoms with Crippen LogP contribution in [0.5, 0.6) is 0 Å². The van der Waals surface area contributed by atoms with Crippen LogP contribution in [0.15, 0.2) is 34.4 Å². The van der Waals surface area contributed by atoms with E-state index in [2.05, 4.69) is 41.2 Å². The third kappa shape index (κ3) is 2.25. The third-order valence-corrected chi connectivity index (χ3v) is 4.42. The van der Waals surface area contributed by atoms with Crippen molar-refractivity contribution in [1.29, 1.82) is 0 Å². The molecule has 0 spiro atoms. The molecule has 0 saturated heterocycles. The van der Waals surface area contributed by atoms with E-state index in [1.807, 2.05) is 5.38 Å². The summed E-state index contributed by atoms with van der Waals surface area (Å²) < 4.78 is 0. The van der Waals surface area contributed by atoms with Gasteiger partial charge in [0.1, 0.15) is 10.7 Å². The molecule has 3 aromatic rings. The van der Waals surface area contributed by atoms with Gasteiger partial charge in [-0.3, -0.25) is 4.79 Å². The van der Waals surface area contributed by atoms with Crippen molar-refractivity contribution in [2.45, 2.75) is 19.2 Å². The standard InChI is InChI=1S/C15H13ClN2OS/c1-2-9-3-5-10(6-4-9)11-8-20-15-13(11)14(19)17-12(7-16)18-15/h3-6,8H,2,7H2,1H3,(H,17,18,19). The van der Waals surface area contributed by atoms with Crippen molar-refractivity contribution in [2.24, 2.45) is 0 Å². The van der Waals surface area contributed by atoms with Crippen molar-refractivity contribution in [1.82, 2.24) is 9.97 Å². The minimum atomic E-state index is -0.124. The zero-order chi connectivity index (χ0) is 14.1. The quantitative estimate of drug-likeness (QED) is 0.745. The zero-order valence-corrected chi connectivity index (χ0v) is 12.5. The largest absolute Gasteiger partial charge is 0.309 e. The summed E-state index contributed by atoms with van der Waals surface area (Å²) in [7, 11) is 0. The Morgan fingerprint density at radius 1 is 1.30 bits per heavy atom. The van der Waals surface area contributed by atoms with Gasteiger partial charge in [-0.05, 0) is 17.5 Å². The third-order valence-electron chi connectivity index (χ3n) is 3.29. The summed E-state index contributed by atoms with van der Waals surface area (Å²) >= 11 is 7.20. The lowest BCUT2D eigenvalue weighted by atomic mass is 10.0. The molecule has 2 aromatic heterocycles. The fourth-order valence-corrected chi connectivity index (χ4v) is 3.28. The highest BCUT2D eigenvalue weighted by atomic mass is 35.5. The molecule has 0 unspecified atom stereocenters. The summed E-state index contributed by atoms with van der Waals surface area (Å²) in [6.45, 7) is 2.12. The van der Waals surface area contributed by atoms with E-state index < -0.39 is 0 Å². The Morgan fingerprint density at radius 3 is 2.70 bits per heavy atom. The Kier molecular flexibility index (Phi) is 3.59. The van der Waals surface area contributed by atoms with E-state index in [1.165, 1.54) is 16.9 Å². The van der Waals surface area contributed by atoms with Crippen molar-refractivity contribution < 1.29 is 0 Å². The Labute approximate surface area is 125 Å². The van der Waals surface area contributed by atoms with Crippen LogP contribution in [-0.4, -0.2) is 9.97 Å². The molecule has 102 valence electrons. The average molecular weight is 305 g/mol. The second kappa shape index (κ2) is 5.38. The molecular weight excluding hydrogens is 292 g/mol. The van der Waals surface area contributed by atoms with Crippen LogP contribution in [0.1, 0.15) is 18.3 Å². The molecule has 1 aromatic carbocycles. The number of nitrogens with zero attached hydrogens (tertiary/aromatic N) is 1. The maximum absolute atomic E-state index is 12.2. The number of alkyl halides is 1. The normalized spacial score (nSPS) is 11.1. The number of rotatable bonds is 3. The first-order valence-electron chi connectivity index (χ1n) is 6.38. The SMILES string of the molecule is CCc1ccc(-c2csc3nc(CCl)[nH]c(=O)c23)cc1. The molecular formula is C15H13ClN2OS. The van der Waals surface area contributed by atoms with E-state index in [1.54, 1.807) is 0 Å². The molecule has 0 amide bonds.